The number of benzene rings is 2. The van der Waals surface area contributed by atoms with Crippen LogP contribution in [0.2, 0.25) is 0 Å². The van der Waals surface area contributed by atoms with Crippen molar-refractivity contribution in [3.63, 3.8) is 0 Å². The van der Waals surface area contributed by atoms with Gasteiger partial charge in [0.05, 0.1) is 0 Å². The van der Waals surface area contributed by atoms with E-state index in [2.05, 4.69) is 10.6 Å². The van der Waals surface area contributed by atoms with Gasteiger partial charge < -0.3 is 19.6 Å². The Morgan fingerprint density at radius 3 is 1.23 bits per heavy atom. The zero-order valence-electron chi connectivity index (χ0n) is 18.0. The zero-order valence-corrected chi connectivity index (χ0v) is 18.0. The van der Waals surface area contributed by atoms with Crippen LogP contribution < -0.4 is 10.6 Å². The van der Waals surface area contributed by atoms with Gasteiger partial charge in [0.15, 0.2) is 13.1 Å². The van der Waals surface area contributed by atoms with Crippen LogP contribution in [0.15, 0.2) is 48.5 Å². The van der Waals surface area contributed by atoms with Gasteiger partial charge >= 0.3 is 0 Å². The molecule has 158 valence electrons. The second-order valence-electron chi connectivity index (χ2n) is 9.17. The van der Waals surface area contributed by atoms with Crippen LogP contribution in [0.3, 0.4) is 0 Å². The molecule has 0 spiro atoms. The first-order chi connectivity index (χ1) is 14.4. The average molecular weight is 409 g/mol. The van der Waals surface area contributed by atoms with Crippen molar-refractivity contribution in [3.8, 4) is 0 Å². The van der Waals surface area contributed by atoms with Crippen molar-refractivity contribution < 1.29 is 18.6 Å². The molecule has 2 bridgehead atoms. The van der Waals surface area contributed by atoms with Gasteiger partial charge in [-0.15, -0.1) is 0 Å². The van der Waals surface area contributed by atoms with Gasteiger partial charge in [0.2, 0.25) is 0 Å². The van der Waals surface area contributed by atoms with E-state index in [0.29, 0.717) is 13.1 Å². The molecule has 0 aliphatic carbocycles. The number of nitrogens with zero attached hydrogens (tertiary/aromatic N) is 2. The summed E-state index contributed by atoms with van der Waals surface area (Å²) in [5, 5.41) is 6.08. The molecule has 0 radical (unpaired) electrons. The van der Waals surface area contributed by atoms with Gasteiger partial charge in [0.1, 0.15) is 39.3 Å². The number of hydrogen-bond donors (Lipinski definition) is 2. The quantitative estimate of drug-likeness (QED) is 0.722. The van der Waals surface area contributed by atoms with Crippen molar-refractivity contribution in [1.29, 1.82) is 0 Å². The molecule has 3 aliphatic heterocycles. The molecular formula is C24H32N4O2+2. The molecule has 3 aliphatic rings. The number of amides is 2. The van der Waals surface area contributed by atoms with E-state index < -0.39 is 0 Å². The number of carbonyl (C=O) groups is 2. The summed E-state index contributed by atoms with van der Waals surface area (Å²) in [5.41, 5.74) is 4.08. The number of quaternary nitrogens is 2. The third-order valence-corrected chi connectivity index (χ3v) is 6.77. The Morgan fingerprint density at radius 2 is 0.933 bits per heavy atom. The summed E-state index contributed by atoms with van der Waals surface area (Å²) < 4.78 is 1.69. The van der Waals surface area contributed by atoms with Crippen LogP contribution >= 0.6 is 0 Å². The van der Waals surface area contributed by atoms with Crippen molar-refractivity contribution in [2.24, 2.45) is 0 Å². The fraction of sp³-hybridized carbons (Fsp3) is 0.417. The minimum atomic E-state index is 0.0814. The predicted molar refractivity (Wildman–Crippen MR) is 119 cm³/mol. The summed E-state index contributed by atoms with van der Waals surface area (Å²) in [7, 11) is 0. The van der Waals surface area contributed by atoms with E-state index in [1.807, 2.05) is 62.4 Å². The lowest BCUT2D eigenvalue weighted by Crippen LogP contribution is -2.76. The molecule has 6 nitrogen and oxygen atoms in total. The van der Waals surface area contributed by atoms with Crippen molar-refractivity contribution >= 4 is 23.2 Å². The molecule has 2 amide bonds. The van der Waals surface area contributed by atoms with Gasteiger partial charge in [-0.2, -0.15) is 0 Å². The average Bonchev–Trinajstić information content (AvgIpc) is 2.73. The molecule has 2 aromatic carbocycles. The summed E-state index contributed by atoms with van der Waals surface area (Å²) in [6.07, 6.45) is 0. The lowest BCUT2D eigenvalue weighted by Gasteiger charge is -2.54. The SMILES string of the molecule is Cc1ccc(NC(=O)C[N+]23CC[N+](CC(=O)Nc4ccc(C)cc4)(CC2)CC3)cc1. The molecule has 30 heavy (non-hydrogen) atoms. The molecule has 3 fully saturated rings. The highest BCUT2D eigenvalue weighted by Crippen LogP contribution is 2.27. The lowest BCUT2D eigenvalue weighted by molar-refractivity contribution is -1.07. The van der Waals surface area contributed by atoms with E-state index in [1.165, 1.54) is 11.1 Å². The molecule has 5 rings (SSSR count). The van der Waals surface area contributed by atoms with Crippen LogP contribution in [0, 0.1) is 13.8 Å². The fourth-order valence-electron chi connectivity index (χ4n) is 4.70. The molecular weight excluding hydrogens is 376 g/mol. The van der Waals surface area contributed by atoms with Gasteiger partial charge in [-0.05, 0) is 38.1 Å². The Bertz CT molecular complexity index is 819. The topological polar surface area (TPSA) is 58.2 Å². The van der Waals surface area contributed by atoms with Crippen molar-refractivity contribution in [2.45, 2.75) is 13.8 Å². The van der Waals surface area contributed by atoms with E-state index in [-0.39, 0.29) is 11.8 Å². The summed E-state index contributed by atoms with van der Waals surface area (Å²) in [6, 6.07) is 15.9. The summed E-state index contributed by atoms with van der Waals surface area (Å²) in [6.45, 7) is 10.9. The minimum Gasteiger partial charge on any atom is -0.321 e. The van der Waals surface area contributed by atoms with Crippen molar-refractivity contribution in [2.75, 3.05) is 63.0 Å². The third-order valence-electron chi connectivity index (χ3n) is 6.77. The zero-order chi connectivity index (χ0) is 21.2. The Balaban J connectivity index is 1.30. The molecule has 2 N–H and O–H groups in total. The first-order valence-corrected chi connectivity index (χ1v) is 10.8. The van der Waals surface area contributed by atoms with Crippen LogP contribution in [0.1, 0.15) is 11.1 Å². The summed E-state index contributed by atoms with van der Waals surface area (Å²) in [5.74, 6) is 0.163. The van der Waals surface area contributed by atoms with Crippen molar-refractivity contribution in [3.05, 3.63) is 59.7 Å². The number of nitrogens with one attached hydrogen (secondary N) is 2. The van der Waals surface area contributed by atoms with E-state index >= 15 is 0 Å². The monoisotopic (exact) mass is 408 g/mol. The Morgan fingerprint density at radius 1 is 0.633 bits per heavy atom. The number of hydrogen-bond acceptors (Lipinski definition) is 2. The molecule has 0 aromatic heterocycles. The maximum atomic E-state index is 12.6. The highest BCUT2D eigenvalue weighted by molar-refractivity contribution is 5.92. The van der Waals surface area contributed by atoms with E-state index in [0.717, 1.165) is 59.6 Å². The largest absolute Gasteiger partial charge is 0.321 e. The number of rotatable bonds is 6. The number of carbonyl (C=O) groups excluding carboxylic acids is 2. The van der Waals surface area contributed by atoms with Gasteiger partial charge in [-0.1, -0.05) is 35.4 Å². The Labute approximate surface area is 178 Å². The highest BCUT2D eigenvalue weighted by Gasteiger charge is 2.50. The van der Waals surface area contributed by atoms with Crippen LogP contribution in [0.5, 0.6) is 0 Å². The number of aryl methyl sites for hydroxylation is 2. The van der Waals surface area contributed by atoms with Crippen LogP contribution in [-0.2, 0) is 9.59 Å². The van der Waals surface area contributed by atoms with Gasteiger partial charge in [-0.25, -0.2) is 0 Å². The Hall–Kier alpha value is -2.70. The fourth-order valence-corrected chi connectivity index (χ4v) is 4.70. The van der Waals surface area contributed by atoms with Crippen LogP contribution in [0.4, 0.5) is 11.4 Å². The first kappa shape index (κ1) is 20.6. The van der Waals surface area contributed by atoms with E-state index in [9.17, 15) is 9.59 Å². The molecule has 0 atom stereocenters. The van der Waals surface area contributed by atoms with E-state index in [4.69, 9.17) is 0 Å². The van der Waals surface area contributed by atoms with Gasteiger partial charge in [-0.3, -0.25) is 9.59 Å². The standard InChI is InChI=1S/C24H30N4O2/c1-19-3-7-21(8-4-19)25-23(29)17-27-11-14-28(15-12-27,16-13-27)18-24(30)26-22-9-5-20(2)6-10-22/h3-10H,11-18H2,1-2H3/p+2. The third kappa shape index (κ3) is 4.71. The maximum Gasteiger partial charge on any atom is 0.279 e. The van der Waals surface area contributed by atoms with Crippen LogP contribution in [0.25, 0.3) is 0 Å². The normalized spacial score (nSPS) is 25.0. The molecule has 0 saturated carbocycles. The molecule has 2 aromatic rings. The maximum absolute atomic E-state index is 12.6. The second-order valence-corrected chi connectivity index (χ2v) is 9.17. The molecule has 3 saturated heterocycles. The van der Waals surface area contributed by atoms with Gasteiger partial charge in [0, 0.05) is 11.4 Å². The highest BCUT2D eigenvalue weighted by atomic mass is 16.2. The van der Waals surface area contributed by atoms with Gasteiger partial charge in [0.25, 0.3) is 11.8 Å². The summed E-state index contributed by atoms with van der Waals surface area (Å²) in [4.78, 5) is 25.3. The first-order valence-electron chi connectivity index (χ1n) is 10.8. The van der Waals surface area contributed by atoms with Crippen molar-refractivity contribution in [1.82, 2.24) is 0 Å². The number of fused-ring (bicyclic) bond motifs is 3. The number of anilines is 2. The molecule has 6 heteroatoms. The Kier molecular flexibility index (Phi) is 5.62. The van der Waals surface area contributed by atoms with Crippen LogP contribution in [-0.4, -0.2) is 73.1 Å². The lowest BCUT2D eigenvalue weighted by atomic mass is 10.1. The second kappa shape index (κ2) is 8.20. The molecule has 3 heterocycles. The molecule has 0 unspecified atom stereocenters. The predicted octanol–water partition coefficient (Wildman–Crippen LogP) is 2.54. The van der Waals surface area contributed by atoms with E-state index in [1.54, 1.807) is 0 Å². The summed E-state index contributed by atoms with van der Waals surface area (Å²) >= 11 is 0. The smallest absolute Gasteiger partial charge is 0.279 e. The minimum absolute atomic E-state index is 0.0814. The number of piperazine rings is 3.